The normalized spacial score (nSPS) is 10.6. The Morgan fingerprint density at radius 1 is 0.900 bits per heavy atom. The van der Waals surface area contributed by atoms with Gasteiger partial charge in [-0.25, -0.2) is 9.97 Å². The first-order valence-electron chi connectivity index (χ1n) is 6.44. The van der Waals surface area contributed by atoms with Gasteiger partial charge in [0.2, 0.25) is 0 Å². The first kappa shape index (κ1) is 12.9. The van der Waals surface area contributed by atoms with E-state index in [1.165, 1.54) is 0 Å². The zero-order chi connectivity index (χ0) is 13.6. The number of nitrogens with zero attached hydrogens (tertiary/aromatic N) is 2. The van der Waals surface area contributed by atoms with Gasteiger partial charge in [-0.05, 0) is 18.2 Å². The molecule has 0 aliphatic heterocycles. The van der Waals surface area contributed by atoms with Gasteiger partial charge in [0.15, 0.2) is 0 Å². The Morgan fingerprint density at radius 3 is 2.60 bits per heavy atom. The quantitative estimate of drug-likeness (QED) is 0.405. The average Bonchev–Trinajstić information content (AvgIpc) is 2.53. The number of hydrogen-bond acceptors (Lipinski definition) is 4. The number of para-hydroxylation sites is 2. The van der Waals surface area contributed by atoms with E-state index in [1.54, 1.807) is 18.1 Å². The molecule has 0 aliphatic carbocycles. The highest BCUT2D eigenvalue weighted by Gasteiger charge is 2.03. The predicted octanol–water partition coefficient (Wildman–Crippen LogP) is 3.80. The lowest BCUT2D eigenvalue weighted by Gasteiger charge is -2.06. The fraction of sp³-hybridized carbons (Fsp3) is 0.125. The summed E-state index contributed by atoms with van der Waals surface area (Å²) in [6, 6.07) is 17.9. The summed E-state index contributed by atoms with van der Waals surface area (Å²) in [5.74, 6) is 1.76. The molecule has 0 saturated heterocycles. The second kappa shape index (κ2) is 6.39. The van der Waals surface area contributed by atoms with Crippen molar-refractivity contribution < 1.29 is 4.74 Å². The lowest BCUT2D eigenvalue weighted by molar-refractivity contribution is 0.344. The van der Waals surface area contributed by atoms with E-state index in [1.807, 2.05) is 48.5 Å². The van der Waals surface area contributed by atoms with Gasteiger partial charge in [-0.2, -0.15) is 0 Å². The van der Waals surface area contributed by atoms with Gasteiger partial charge in [0.05, 0.1) is 12.1 Å². The first-order valence-corrected chi connectivity index (χ1v) is 7.42. The molecule has 2 aromatic carbocycles. The molecule has 1 heterocycles. The molecule has 3 aromatic rings. The molecular formula is C16H14N2OS. The Morgan fingerprint density at radius 2 is 1.70 bits per heavy atom. The van der Waals surface area contributed by atoms with Gasteiger partial charge >= 0.3 is 0 Å². The van der Waals surface area contributed by atoms with Crippen LogP contribution in [0.15, 0.2) is 66.0 Å². The minimum atomic E-state index is 0.660. The van der Waals surface area contributed by atoms with Crippen molar-refractivity contribution >= 4 is 22.7 Å². The third-order valence-electron chi connectivity index (χ3n) is 2.84. The lowest BCUT2D eigenvalue weighted by atomic mass is 10.2. The minimum absolute atomic E-state index is 0.660. The van der Waals surface area contributed by atoms with Crippen LogP contribution in [-0.2, 0) is 0 Å². The number of rotatable bonds is 5. The summed E-state index contributed by atoms with van der Waals surface area (Å²) in [5, 5.41) is 2.10. The summed E-state index contributed by atoms with van der Waals surface area (Å²) in [4.78, 5) is 8.61. The molecule has 0 N–H and O–H groups in total. The highest BCUT2D eigenvalue weighted by Crippen LogP contribution is 2.24. The Hall–Kier alpha value is -2.07. The van der Waals surface area contributed by atoms with Crippen molar-refractivity contribution in [3.8, 4) is 5.75 Å². The zero-order valence-electron chi connectivity index (χ0n) is 10.9. The van der Waals surface area contributed by atoms with Crippen LogP contribution in [0.1, 0.15) is 0 Å². The molecule has 0 unspecified atom stereocenters. The Bertz CT molecular complexity index is 683. The highest BCUT2D eigenvalue weighted by molar-refractivity contribution is 7.99. The first-order chi connectivity index (χ1) is 9.93. The third-order valence-corrected chi connectivity index (χ3v) is 3.81. The van der Waals surface area contributed by atoms with Crippen LogP contribution >= 0.6 is 11.8 Å². The number of ether oxygens (including phenoxy) is 1. The van der Waals surface area contributed by atoms with Crippen LogP contribution in [0.3, 0.4) is 0 Å². The third kappa shape index (κ3) is 3.08. The molecule has 4 heteroatoms. The van der Waals surface area contributed by atoms with Crippen molar-refractivity contribution in [1.29, 1.82) is 0 Å². The van der Waals surface area contributed by atoms with Crippen LogP contribution in [0.2, 0.25) is 0 Å². The summed E-state index contributed by atoms with van der Waals surface area (Å²) >= 11 is 1.69. The number of thioether (sulfide) groups is 1. The maximum absolute atomic E-state index is 5.68. The second-order valence-corrected chi connectivity index (χ2v) is 5.29. The molecule has 20 heavy (non-hydrogen) atoms. The van der Waals surface area contributed by atoms with E-state index in [0.717, 1.165) is 27.4 Å². The Kier molecular flexibility index (Phi) is 4.13. The van der Waals surface area contributed by atoms with E-state index >= 15 is 0 Å². The molecule has 0 radical (unpaired) electrons. The molecule has 3 nitrogen and oxygen atoms in total. The molecule has 100 valence electrons. The van der Waals surface area contributed by atoms with Crippen LogP contribution in [0.5, 0.6) is 5.75 Å². The van der Waals surface area contributed by atoms with Crippen LogP contribution in [0.4, 0.5) is 0 Å². The fourth-order valence-electron chi connectivity index (χ4n) is 1.91. The Balaban J connectivity index is 1.60. The summed E-state index contributed by atoms with van der Waals surface area (Å²) < 4.78 is 5.68. The lowest BCUT2D eigenvalue weighted by Crippen LogP contribution is -2.00. The Labute approximate surface area is 122 Å². The van der Waals surface area contributed by atoms with E-state index < -0.39 is 0 Å². The van der Waals surface area contributed by atoms with Crippen LogP contribution in [0, 0.1) is 0 Å². The molecule has 1 aromatic heterocycles. The van der Waals surface area contributed by atoms with Gasteiger partial charge in [0.1, 0.15) is 17.1 Å². The average molecular weight is 282 g/mol. The number of hydrogen-bond donors (Lipinski definition) is 0. The zero-order valence-corrected chi connectivity index (χ0v) is 11.7. The number of aromatic nitrogens is 2. The van der Waals surface area contributed by atoms with Gasteiger partial charge in [0.25, 0.3) is 0 Å². The maximum Gasteiger partial charge on any atom is 0.119 e. The van der Waals surface area contributed by atoms with Crippen LogP contribution in [-0.4, -0.2) is 22.3 Å². The van der Waals surface area contributed by atoms with Gasteiger partial charge < -0.3 is 4.74 Å². The van der Waals surface area contributed by atoms with Crippen molar-refractivity contribution in [2.75, 3.05) is 12.4 Å². The summed E-state index contributed by atoms with van der Waals surface area (Å²) in [6.45, 7) is 0.660. The van der Waals surface area contributed by atoms with Gasteiger partial charge in [0, 0.05) is 11.1 Å². The largest absolute Gasteiger partial charge is 0.493 e. The van der Waals surface area contributed by atoms with Crippen LogP contribution in [0.25, 0.3) is 10.9 Å². The van der Waals surface area contributed by atoms with E-state index in [9.17, 15) is 0 Å². The molecule has 0 saturated carbocycles. The summed E-state index contributed by atoms with van der Waals surface area (Å²) in [5.41, 5.74) is 0.981. The van der Waals surface area contributed by atoms with E-state index in [0.29, 0.717) is 6.61 Å². The smallest absolute Gasteiger partial charge is 0.119 e. The van der Waals surface area contributed by atoms with E-state index in [2.05, 4.69) is 16.0 Å². The molecule has 0 fully saturated rings. The van der Waals surface area contributed by atoms with Gasteiger partial charge in [-0.3, -0.25) is 0 Å². The molecular weight excluding hydrogens is 268 g/mol. The van der Waals surface area contributed by atoms with E-state index in [-0.39, 0.29) is 0 Å². The van der Waals surface area contributed by atoms with Crippen molar-refractivity contribution in [2.24, 2.45) is 0 Å². The van der Waals surface area contributed by atoms with Crippen molar-refractivity contribution in [3.63, 3.8) is 0 Å². The number of benzene rings is 2. The minimum Gasteiger partial charge on any atom is -0.493 e. The molecule has 0 spiro atoms. The SMILES string of the molecule is c1ccc(OCCSc2ncnc3ccccc23)cc1. The fourth-order valence-corrected chi connectivity index (χ4v) is 2.72. The topological polar surface area (TPSA) is 35.0 Å². The van der Waals surface area contributed by atoms with Crippen molar-refractivity contribution in [1.82, 2.24) is 9.97 Å². The van der Waals surface area contributed by atoms with Crippen molar-refractivity contribution in [2.45, 2.75) is 5.03 Å². The molecule has 0 atom stereocenters. The van der Waals surface area contributed by atoms with Gasteiger partial charge in [-0.1, -0.05) is 36.4 Å². The van der Waals surface area contributed by atoms with Crippen LogP contribution < -0.4 is 4.74 Å². The molecule has 3 rings (SSSR count). The number of fused-ring (bicyclic) bond motifs is 1. The second-order valence-electron chi connectivity index (χ2n) is 4.21. The molecule has 0 amide bonds. The summed E-state index contributed by atoms with van der Waals surface area (Å²) in [6.07, 6.45) is 1.61. The predicted molar refractivity (Wildman–Crippen MR) is 82.2 cm³/mol. The van der Waals surface area contributed by atoms with Gasteiger partial charge in [-0.15, -0.1) is 11.8 Å². The standard InChI is InChI=1S/C16H14N2OS/c1-2-6-13(7-3-1)19-10-11-20-16-14-8-4-5-9-15(14)17-12-18-16/h1-9,12H,10-11H2. The van der Waals surface area contributed by atoms with E-state index in [4.69, 9.17) is 4.74 Å². The monoisotopic (exact) mass is 282 g/mol. The molecule has 0 aliphatic rings. The highest BCUT2D eigenvalue weighted by atomic mass is 32.2. The maximum atomic E-state index is 5.68. The summed E-state index contributed by atoms with van der Waals surface area (Å²) in [7, 11) is 0. The van der Waals surface area contributed by atoms with Crippen molar-refractivity contribution in [3.05, 3.63) is 60.9 Å². The molecule has 0 bridgehead atoms.